The molecule has 2 aromatic rings. The summed E-state index contributed by atoms with van der Waals surface area (Å²) in [6, 6.07) is 4.41. The largest absolute Gasteiger partial charge is 0.338 e. The second kappa shape index (κ2) is 7.80. The van der Waals surface area contributed by atoms with Crippen molar-refractivity contribution in [2.24, 2.45) is 20.0 Å². The van der Waals surface area contributed by atoms with Crippen LogP contribution in [0.1, 0.15) is 23.2 Å². The third-order valence-corrected chi connectivity index (χ3v) is 4.93. The van der Waals surface area contributed by atoms with Crippen LogP contribution in [0.4, 0.5) is 15.9 Å². The summed E-state index contributed by atoms with van der Waals surface area (Å²) in [7, 11) is 2.65. The van der Waals surface area contributed by atoms with Gasteiger partial charge in [-0.05, 0) is 59.5 Å². The maximum absolute atomic E-state index is 14.2. The first kappa shape index (κ1) is 19.5. The summed E-state index contributed by atoms with van der Waals surface area (Å²) in [5.41, 5.74) is 0.471. The Morgan fingerprint density at radius 3 is 2.63 bits per heavy atom. The van der Waals surface area contributed by atoms with Crippen LogP contribution in [-0.4, -0.2) is 21.6 Å². The minimum atomic E-state index is -0.806. The number of nitrogens with one attached hydrogen (secondary N) is 2. The van der Waals surface area contributed by atoms with E-state index in [9.17, 15) is 18.8 Å². The molecule has 0 atom stereocenters. The van der Waals surface area contributed by atoms with Gasteiger partial charge in [0, 0.05) is 17.7 Å². The van der Waals surface area contributed by atoms with Crippen molar-refractivity contribution in [2.75, 3.05) is 11.9 Å². The minimum Gasteiger partial charge on any atom is -0.338 e. The predicted molar refractivity (Wildman–Crippen MR) is 105 cm³/mol. The molecule has 0 spiro atoms. The van der Waals surface area contributed by atoms with Gasteiger partial charge in [-0.2, -0.15) is 0 Å². The molecule has 1 aromatic carbocycles. The molecule has 0 radical (unpaired) electrons. The van der Waals surface area contributed by atoms with Gasteiger partial charge in [0.05, 0.1) is 12.3 Å². The Morgan fingerprint density at radius 1 is 1.30 bits per heavy atom. The van der Waals surface area contributed by atoms with Gasteiger partial charge in [0.2, 0.25) is 0 Å². The Bertz CT molecular complexity index is 1010. The van der Waals surface area contributed by atoms with Gasteiger partial charge in [0.15, 0.2) is 0 Å². The molecular weight excluding hydrogens is 470 g/mol. The lowest BCUT2D eigenvalue weighted by Crippen LogP contribution is -2.43. The van der Waals surface area contributed by atoms with Crippen molar-refractivity contribution in [1.29, 1.82) is 0 Å². The lowest BCUT2D eigenvalue weighted by atomic mass is 10.2. The number of carbonyl (C=O) groups is 1. The van der Waals surface area contributed by atoms with E-state index in [4.69, 9.17) is 4.84 Å². The van der Waals surface area contributed by atoms with Crippen LogP contribution in [0.3, 0.4) is 0 Å². The first-order valence-electron chi connectivity index (χ1n) is 8.23. The lowest BCUT2D eigenvalue weighted by molar-refractivity contribution is 0.0268. The number of benzene rings is 1. The van der Waals surface area contributed by atoms with Crippen LogP contribution in [0.2, 0.25) is 0 Å². The van der Waals surface area contributed by atoms with E-state index in [2.05, 4.69) is 10.8 Å². The molecule has 1 amide bonds. The first-order valence-corrected chi connectivity index (χ1v) is 9.31. The van der Waals surface area contributed by atoms with E-state index in [1.165, 1.54) is 26.2 Å². The number of amides is 1. The van der Waals surface area contributed by atoms with Crippen molar-refractivity contribution in [3.05, 3.63) is 54.0 Å². The van der Waals surface area contributed by atoms with Crippen LogP contribution in [0.25, 0.3) is 0 Å². The molecule has 0 aliphatic heterocycles. The highest BCUT2D eigenvalue weighted by Crippen LogP contribution is 2.28. The van der Waals surface area contributed by atoms with Crippen molar-refractivity contribution in [3.8, 4) is 0 Å². The molecule has 0 bridgehead atoms. The Balaban J connectivity index is 2.00. The molecule has 144 valence electrons. The highest BCUT2D eigenvalue weighted by molar-refractivity contribution is 14.1. The topological polar surface area (TPSA) is 94.4 Å². The summed E-state index contributed by atoms with van der Waals surface area (Å²) in [5.74, 6) is -1.09. The number of hydrogen-bond donors (Lipinski definition) is 2. The van der Waals surface area contributed by atoms with Gasteiger partial charge < -0.3 is 5.32 Å². The number of halogens is 2. The zero-order chi connectivity index (χ0) is 19.7. The molecule has 8 nitrogen and oxygen atoms in total. The zero-order valence-electron chi connectivity index (χ0n) is 14.7. The van der Waals surface area contributed by atoms with E-state index in [-0.39, 0.29) is 17.1 Å². The van der Waals surface area contributed by atoms with Crippen molar-refractivity contribution < 1.29 is 14.0 Å². The number of aromatic nitrogens is 2. The highest BCUT2D eigenvalue weighted by atomic mass is 127. The van der Waals surface area contributed by atoms with Gasteiger partial charge in [-0.1, -0.05) is 0 Å². The van der Waals surface area contributed by atoms with Crippen molar-refractivity contribution >= 4 is 40.0 Å². The van der Waals surface area contributed by atoms with E-state index in [0.29, 0.717) is 16.1 Å². The van der Waals surface area contributed by atoms with Gasteiger partial charge >= 0.3 is 5.69 Å². The molecule has 1 saturated carbocycles. The first-order chi connectivity index (χ1) is 12.8. The molecule has 0 saturated heterocycles. The average molecular weight is 488 g/mol. The number of rotatable bonds is 6. The zero-order valence-corrected chi connectivity index (χ0v) is 16.9. The number of nitrogens with zero attached hydrogens (tertiary/aromatic N) is 2. The van der Waals surface area contributed by atoms with Gasteiger partial charge in [-0.15, -0.1) is 0 Å². The number of hydrogen-bond acceptors (Lipinski definition) is 5. The van der Waals surface area contributed by atoms with E-state index in [1.54, 1.807) is 6.07 Å². The minimum absolute atomic E-state index is 0.0339. The van der Waals surface area contributed by atoms with Gasteiger partial charge in [-0.25, -0.2) is 14.7 Å². The molecule has 2 N–H and O–H groups in total. The molecule has 27 heavy (non-hydrogen) atoms. The van der Waals surface area contributed by atoms with Crippen LogP contribution in [-0.2, 0) is 18.9 Å². The fraction of sp³-hybridized carbons (Fsp3) is 0.353. The van der Waals surface area contributed by atoms with E-state index in [1.807, 2.05) is 22.6 Å². The summed E-state index contributed by atoms with van der Waals surface area (Å²) in [6.45, 7) is 0.354. The molecule has 1 heterocycles. The Labute approximate surface area is 167 Å². The van der Waals surface area contributed by atoms with Gasteiger partial charge in [0.1, 0.15) is 17.2 Å². The quantitative estimate of drug-likeness (QED) is 0.477. The van der Waals surface area contributed by atoms with Crippen molar-refractivity contribution in [3.63, 3.8) is 0 Å². The van der Waals surface area contributed by atoms with Gasteiger partial charge in [-0.3, -0.25) is 23.6 Å². The second-order valence-electron chi connectivity index (χ2n) is 6.36. The SMILES string of the molecule is Cn1c(Nc2ccc(I)cc2F)c(C(=O)NOCC2CC2)c(=O)n(C)c1=O. The summed E-state index contributed by atoms with van der Waals surface area (Å²) in [5, 5.41) is 2.69. The lowest BCUT2D eigenvalue weighted by Gasteiger charge is -2.17. The van der Waals surface area contributed by atoms with Crippen LogP contribution in [0.5, 0.6) is 0 Å². The molecule has 10 heteroatoms. The fourth-order valence-corrected chi connectivity index (χ4v) is 2.93. The second-order valence-corrected chi connectivity index (χ2v) is 7.61. The molecular formula is C17H18FIN4O4. The maximum atomic E-state index is 14.2. The molecule has 1 fully saturated rings. The maximum Gasteiger partial charge on any atom is 0.332 e. The third-order valence-electron chi connectivity index (χ3n) is 4.26. The van der Waals surface area contributed by atoms with Crippen LogP contribution < -0.4 is 22.0 Å². The number of anilines is 2. The highest BCUT2D eigenvalue weighted by Gasteiger charge is 2.25. The van der Waals surface area contributed by atoms with Gasteiger partial charge in [0.25, 0.3) is 11.5 Å². The van der Waals surface area contributed by atoms with Crippen molar-refractivity contribution in [2.45, 2.75) is 12.8 Å². The fourth-order valence-electron chi connectivity index (χ4n) is 2.47. The Hall–Kier alpha value is -2.21. The smallest absolute Gasteiger partial charge is 0.332 e. The van der Waals surface area contributed by atoms with E-state index < -0.39 is 23.0 Å². The summed E-state index contributed by atoms with van der Waals surface area (Å²) in [6.07, 6.45) is 2.08. The molecule has 1 aromatic heterocycles. The molecule has 1 aliphatic carbocycles. The standard InChI is InChI=1S/C17H18FIN4O4/c1-22-14(20-12-6-5-10(19)7-11(12)18)13(16(25)23(2)17(22)26)15(24)21-27-8-9-3-4-9/h5-7,9,20H,3-4,8H2,1-2H3,(H,21,24). The normalized spacial score (nSPS) is 13.5. The predicted octanol–water partition coefficient (Wildman–Crippen LogP) is 1.64. The van der Waals surface area contributed by atoms with E-state index in [0.717, 1.165) is 22.0 Å². The molecule has 0 unspecified atom stereocenters. The van der Waals surface area contributed by atoms with Crippen LogP contribution in [0.15, 0.2) is 27.8 Å². The summed E-state index contributed by atoms with van der Waals surface area (Å²) < 4.78 is 16.8. The van der Waals surface area contributed by atoms with Crippen LogP contribution >= 0.6 is 22.6 Å². The summed E-state index contributed by atoms with van der Waals surface area (Å²) >= 11 is 1.96. The van der Waals surface area contributed by atoms with E-state index >= 15 is 0 Å². The van der Waals surface area contributed by atoms with Crippen LogP contribution in [0, 0.1) is 15.3 Å². The third kappa shape index (κ3) is 4.21. The Morgan fingerprint density at radius 2 is 2.00 bits per heavy atom. The van der Waals surface area contributed by atoms with Crippen molar-refractivity contribution in [1.82, 2.24) is 14.6 Å². The monoisotopic (exact) mass is 488 g/mol. The summed E-state index contributed by atoms with van der Waals surface area (Å²) in [4.78, 5) is 42.5. The molecule has 3 rings (SSSR count). The Kier molecular flexibility index (Phi) is 5.65. The molecule has 1 aliphatic rings. The number of carbonyl (C=O) groups excluding carboxylic acids is 1. The number of hydroxylamine groups is 1. The average Bonchev–Trinajstić information content (AvgIpc) is 3.44.